The van der Waals surface area contributed by atoms with E-state index in [1.807, 2.05) is 12.1 Å². The van der Waals surface area contributed by atoms with Crippen molar-refractivity contribution < 1.29 is 9.57 Å². The largest absolute Gasteiger partial charge is 0.496 e. The number of hydrogen-bond acceptors (Lipinski definition) is 3. The fraction of sp³-hybridized carbons (Fsp3) is 0.455. The van der Waals surface area contributed by atoms with Crippen LogP contribution in [-0.4, -0.2) is 13.7 Å². The van der Waals surface area contributed by atoms with E-state index in [2.05, 4.69) is 24.8 Å². The number of rotatable bonds is 4. The van der Waals surface area contributed by atoms with E-state index in [1.165, 1.54) is 5.56 Å². The molecule has 0 heterocycles. The standard InChI is InChI=1S/C11H17NO2/c1-8-4-5-11(13-3)10(6-8)9(2)7-14-12/h4-6,9H,7,12H2,1-3H3. The zero-order valence-electron chi connectivity index (χ0n) is 8.91. The second-order valence-corrected chi connectivity index (χ2v) is 3.48. The van der Waals surface area contributed by atoms with Crippen LogP contribution in [0.2, 0.25) is 0 Å². The highest BCUT2D eigenvalue weighted by Gasteiger charge is 2.11. The minimum absolute atomic E-state index is 0.245. The van der Waals surface area contributed by atoms with Gasteiger partial charge < -0.3 is 9.57 Å². The summed E-state index contributed by atoms with van der Waals surface area (Å²) < 4.78 is 5.27. The summed E-state index contributed by atoms with van der Waals surface area (Å²) in [6.07, 6.45) is 0. The molecule has 14 heavy (non-hydrogen) atoms. The first-order valence-electron chi connectivity index (χ1n) is 4.65. The summed E-state index contributed by atoms with van der Waals surface area (Å²) in [4.78, 5) is 4.64. The van der Waals surface area contributed by atoms with Crippen molar-refractivity contribution in [1.29, 1.82) is 0 Å². The Kier molecular flexibility index (Phi) is 3.92. The average molecular weight is 195 g/mol. The lowest BCUT2D eigenvalue weighted by atomic mass is 9.99. The van der Waals surface area contributed by atoms with Gasteiger partial charge in [-0.3, -0.25) is 0 Å². The van der Waals surface area contributed by atoms with Gasteiger partial charge in [-0.2, -0.15) is 0 Å². The van der Waals surface area contributed by atoms with E-state index in [9.17, 15) is 0 Å². The maximum atomic E-state index is 5.27. The summed E-state index contributed by atoms with van der Waals surface area (Å²) in [6.45, 7) is 4.61. The zero-order chi connectivity index (χ0) is 10.6. The Hall–Kier alpha value is -1.06. The first-order chi connectivity index (χ1) is 6.69. The monoisotopic (exact) mass is 195 g/mol. The van der Waals surface area contributed by atoms with Crippen molar-refractivity contribution >= 4 is 0 Å². The summed E-state index contributed by atoms with van der Waals surface area (Å²) in [5, 5.41) is 0. The molecule has 0 fully saturated rings. The number of benzene rings is 1. The van der Waals surface area contributed by atoms with Crippen LogP contribution >= 0.6 is 0 Å². The molecule has 78 valence electrons. The molecule has 1 atom stereocenters. The van der Waals surface area contributed by atoms with Gasteiger partial charge in [0.15, 0.2) is 0 Å². The van der Waals surface area contributed by atoms with Gasteiger partial charge in [0.1, 0.15) is 5.75 Å². The number of ether oxygens (including phenoxy) is 1. The molecule has 1 aromatic rings. The molecule has 0 aliphatic heterocycles. The Bertz CT molecular complexity index is 299. The van der Waals surface area contributed by atoms with Crippen LogP contribution in [0.4, 0.5) is 0 Å². The molecule has 2 N–H and O–H groups in total. The Balaban J connectivity index is 2.97. The predicted molar refractivity (Wildman–Crippen MR) is 56.3 cm³/mol. The molecule has 3 heteroatoms. The van der Waals surface area contributed by atoms with Gasteiger partial charge in [0.25, 0.3) is 0 Å². The fourth-order valence-corrected chi connectivity index (χ4v) is 1.47. The van der Waals surface area contributed by atoms with Crippen LogP contribution < -0.4 is 10.6 Å². The third-order valence-corrected chi connectivity index (χ3v) is 2.26. The molecular formula is C11H17NO2. The van der Waals surface area contributed by atoms with Gasteiger partial charge in [0.05, 0.1) is 13.7 Å². The topological polar surface area (TPSA) is 44.5 Å². The smallest absolute Gasteiger partial charge is 0.122 e. The number of hydrogen-bond donors (Lipinski definition) is 1. The van der Waals surface area contributed by atoms with Crippen molar-refractivity contribution in [2.24, 2.45) is 5.90 Å². The summed E-state index contributed by atoms with van der Waals surface area (Å²) in [5.74, 6) is 6.19. The molecule has 1 aromatic carbocycles. The van der Waals surface area contributed by atoms with Crippen LogP contribution in [0.5, 0.6) is 5.75 Å². The first kappa shape index (κ1) is 11.0. The number of nitrogens with two attached hydrogens (primary N) is 1. The summed E-state index contributed by atoms with van der Waals surface area (Å²) in [5.41, 5.74) is 2.35. The molecule has 0 amide bonds. The summed E-state index contributed by atoms with van der Waals surface area (Å²) >= 11 is 0. The molecule has 0 saturated heterocycles. The van der Waals surface area contributed by atoms with Crippen molar-refractivity contribution in [3.63, 3.8) is 0 Å². The van der Waals surface area contributed by atoms with Crippen LogP contribution in [0.3, 0.4) is 0 Å². The van der Waals surface area contributed by atoms with Gasteiger partial charge in [-0.1, -0.05) is 24.6 Å². The van der Waals surface area contributed by atoms with Crippen molar-refractivity contribution in [3.05, 3.63) is 29.3 Å². The first-order valence-corrected chi connectivity index (χ1v) is 4.65. The van der Waals surface area contributed by atoms with Gasteiger partial charge in [0, 0.05) is 5.92 Å². The zero-order valence-corrected chi connectivity index (χ0v) is 8.91. The lowest BCUT2D eigenvalue weighted by Crippen LogP contribution is -2.09. The second-order valence-electron chi connectivity index (χ2n) is 3.48. The maximum absolute atomic E-state index is 5.27. The third-order valence-electron chi connectivity index (χ3n) is 2.26. The van der Waals surface area contributed by atoms with E-state index in [0.29, 0.717) is 6.61 Å². The minimum Gasteiger partial charge on any atom is -0.496 e. The molecule has 0 aromatic heterocycles. The maximum Gasteiger partial charge on any atom is 0.122 e. The Morgan fingerprint density at radius 3 is 2.71 bits per heavy atom. The normalized spacial score (nSPS) is 12.6. The van der Waals surface area contributed by atoms with Gasteiger partial charge in [-0.25, -0.2) is 5.90 Å². The lowest BCUT2D eigenvalue weighted by Gasteiger charge is -2.15. The van der Waals surface area contributed by atoms with Crippen LogP contribution in [0, 0.1) is 6.92 Å². The Morgan fingerprint density at radius 2 is 2.14 bits per heavy atom. The molecule has 1 unspecified atom stereocenters. The minimum atomic E-state index is 0.245. The summed E-state index contributed by atoms with van der Waals surface area (Å²) in [6, 6.07) is 6.10. The summed E-state index contributed by atoms with van der Waals surface area (Å²) in [7, 11) is 1.67. The molecule has 0 spiro atoms. The van der Waals surface area contributed by atoms with E-state index in [4.69, 9.17) is 10.6 Å². The molecule has 0 bridgehead atoms. The van der Waals surface area contributed by atoms with Crippen molar-refractivity contribution in [1.82, 2.24) is 0 Å². The van der Waals surface area contributed by atoms with E-state index < -0.39 is 0 Å². The molecule has 0 radical (unpaired) electrons. The van der Waals surface area contributed by atoms with Crippen molar-refractivity contribution in [2.75, 3.05) is 13.7 Å². The van der Waals surface area contributed by atoms with Gasteiger partial charge >= 0.3 is 0 Å². The molecular weight excluding hydrogens is 178 g/mol. The number of aryl methyl sites for hydroxylation is 1. The Labute approximate surface area is 84.8 Å². The molecule has 1 rings (SSSR count). The lowest BCUT2D eigenvalue weighted by molar-refractivity contribution is 0.126. The van der Waals surface area contributed by atoms with Crippen LogP contribution in [0.15, 0.2) is 18.2 Å². The second kappa shape index (κ2) is 4.98. The van der Waals surface area contributed by atoms with Gasteiger partial charge in [0.2, 0.25) is 0 Å². The van der Waals surface area contributed by atoms with Gasteiger partial charge in [-0.15, -0.1) is 0 Å². The van der Waals surface area contributed by atoms with E-state index in [0.717, 1.165) is 11.3 Å². The number of methoxy groups -OCH3 is 1. The van der Waals surface area contributed by atoms with Crippen LogP contribution in [-0.2, 0) is 4.84 Å². The molecule has 0 aliphatic rings. The van der Waals surface area contributed by atoms with Crippen LogP contribution in [0.1, 0.15) is 24.0 Å². The van der Waals surface area contributed by atoms with E-state index >= 15 is 0 Å². The van der Waals surface area contributed by atoms with Crippen molar-refractivity contribution in [2.45, 2.75) is 19.8 Å². The quantitative estimate of drug-likeness (QED) is 0.747. The van der Waals surface area contributed by atoms with Crippen LogP contribution in [0.25, 0.3) is 0 Å². The molecule has 3 nitrogen and oxygen atoms in total. The highest BCUT2D eigenvalue weighted by atomic mass is 16.6. The SMILES string of the molecule is COc1ccc(C)cc1C(C)CON. The van der Waals surface area contributed by atoms with E-state index in [1.54, 1.807) is 7.11 Å². The predicted octanol–water partition coefficient (Wildman–Crippen LogP) is 2.00. The fourth-order valence-electron chi connectivity index (χ4n) is 1.47. The van der Waals surface area contributed by atoms with Gasteiger partial charge in [-0.05, 0) is 18.6 Å². The highest BCUT2D eigenvalue weighted by molar-refractivity contribution is 5.39. The molecule has 0 saturated carbocycles. The Morgan fingerprint density at radius 1 is 1.43 bits per heavy atom. The van der Waals surface area contributed by atoms with Crippen molar-refractivity contribution in [3.8, 4) is 5.75 Å². The third kappa shape index (κ3) is 2.47. The molecule has 0 aliphatic carbocycles. The van der Waals surface area contributed by atoms with E-state index in [-0.39, 0.29) is 5.92 Å². The average Bonchev–Trinajstić information content (AvgIpc) is 2.18. The highest BCUT2D eigenvalue weighted by Crippen LogP contribution is 2.27.